The summed E-state index contributed by atoms with van der Waals surface area (Å²) in [6.45, 7) is 4.52. The van der Waals surface area contributed by atoms with Crippen LogP contribution in [0.1, 0.15) is 29.2 Å². The van der Waals surface area contributed by atoms with Crippen LogP contribution in [0.3, 0.4) is 0 Å². The molecule has 1 aromatic heterocycles. The molecule has 8 heteroatoms. The predicted octanol–water partition coefficient (Wildman–Crippen LogP) is 4.19. The summed E-state index contributed by atoms with van der Waals surface area (Å²) in [6.07, 6.45) is 1.35. The van der Waals surface area contributed by atoms with Gasteiger partial charge in [0.25, 0.3) is 11.8 Å². The van der Waals surface area contributed by atoms with E-state index in [1.807, 2.05) is 34.9 Å². The molecule has 2 heterocycles. The molecule has 2 amide bonds. The molecular weight excluding hydrogens is 414 g/mol. The quantitative estimate of drug-likeness (QED) is 0.493. The third-order valence-electron chi connectivity index (χ3n) is 5.44. The molecule has 0 radical (unpaired) electrons. The van der Waals surface area contributed by atoms with E-state index in [0.29, 0.717) is 42.5 Å². The maximum Gasteiger partial charge on any atom is 0.263 e. The first-order valence-electron chi connectivity index (χ1n) is 9.90. The summed E-state index contributed by atoms with van der Waals surface area (Å²) in [5.41, 5.74) is 2.13. The Morgan fingerprint density at radius 1 is 1.13 bits per heavy atom. The van der Waals surface area contributed by atoms with Gasteiger partial charge in [-0.3, -0.25) is 14.9 Å². The van der Waals surface area contributed by atoms with Gasteiger partial charge in [-0.2, -0.15) is 5.26 Å². The highest BCUT2D eigenvalue weighted by molar-refractivity contribution is 6.30. The molecule has 1 aliphatic rings. The van der Waals surface area contributed by atoms with E-state index in [1.54, 1.807) is 29.2 Å². The summed E-state index contributed by atoms with van der Waals surface area (Å²) in [7, 11) is 0. The zero-order chi connectivity index (χ0) is 22.0. The normalized spacial score (nSPS) is 14.3. The zero-order valence-corrected chi connectivity index (χ0v) is 17.5. The molecule has 0 spiro atoms. The first-order chi connectivity index (χ1) is 15.0. The predicted molar refractivity (Wildman–Crippen MR) is 119 cm³/mol. The summed E-state index contributed by atoms with van der Waals surface area (Å²) in [5, 5.41) is 12.4. The van der Waals surface area contributed by atoms with Gasteiger partial charge in [0, 0.05) is 29.7 Å². The lowest BCUT2D eigenvalue weighted by atomic mass is 10.0. The van der Waals surface area contributed by atoms with E-state index in [4.69, 9.17) is 16.9 Å². The van der Waals surface area contributed by atoms with Crippen molar-refractivity contribution >= 4 is 40.4 Å². The van der Waals surface area contributed by atoms with Crippen LogP contribution in [-0.2, 0) is 4.79 Å². The van der Waals surface area contributed by atoms with Gasteiger partial charge in [0.1, 0.15) is 11.6 Å². The van der Waals surface area contributed by atoms with E-state index in [9.17, 15) is 9.59 Å². The average molecular weight is 434 g/mol. The summed E-state index contributed by atoms with van der Waals surface area (Å²) >= 11 is 5.92. The van der Waals surface area contributed by atoms with E-state index in [-0.39, 0.29) is 23.4 Å². The fraction of sp³-hybridized carbons (Fsp3) is 0.217. The van der Waals surface area contributed by atoms with E-state index in [0.717, 1.165) is 11.0 Å². The van der Waals surface area contributed by atoms with Crippen LogP contribution >= 0.6 is 11.6 Å². The Kier molecular flexibility index (Phi) is 5.74. The average Bonchev–Trinajstić information content (AvgIpc) is 3.16. The molecule has 1 fully saturated rings. The van der Waals surface area contributed by atoms with Gasteiger partial charge in [0.2, 0.25) is 5.95 Å². The van der Waals surface area contributed by atoms with Gasteiger partial charge >= 0.3 is 0 Å². The summed E-state index contributed by atoms with van der Waals surface area (Å²) in [4.78, 5) is 31.3. The minimum absolute atomic E-state index is 0.0484. The number of nitrogens with one attached hydrogen (secondary N) is 1. The van der Waals surface area contributed by atoms with Crippen molar-refractivity contribution in [3.05, 3.63) is 71.3 Å². The van der Waals surface area contributed by atoms with Crippen molar-refractivity contribution in [1.82, 2.24) is 14.5 Å². The number of halogens is 1. The van der Waals surface area contributed by atoms with E-state index < -0.39 is 0 Å². The Balaban J connectivity index is 1.60. The number of nitrogens with zero attached hydrogens (tertiary/aromatic N) is 4. The maximum absolute atomic E-state index is 12.8. The zero-order valence-electron chi connectivity index (χ0n) is 16.7. The number of imidazole rings is 1. The lowest BCUT2D eigenvalue weighted by molar-refractivity contribution is -0.127. The summed E-state index contributed by atoms with van der Waals surface area (Å²) in [6, 6.07) is 16.2. The third-order valence-corrected chi connectivity index (χ3v) is 5.69. The Hall–Kier alpha value is -3.63. The van der Waals surface area contributed by atoms with E-state index in [2.05, 4.69) is 16.9 Å². The van der Waals surface area contributed by atoms with Crippen molar-refractivity contribution < 1.29 is 9.59 Å². The number of carbonyl (C=O) groups is 2. The molecule has 0 aliphatic carbocycles. The van der Waals surface area contributed by atoms with Gasteiger partial charge in [0.05, 0.1) is 11.0 Å². The number of benzene rings is 2. The Morgan fingerprint density at radius 3 is 2.48 bits per heavy atom. The number of carbonyl (C=O) groups excluding carboxylic acids is 2. The minimum Gasteiger partial charge on any atom is -0.338 e. The van der Waals surface area contributed by atoms with Crippen LogP contribution in [0.5, 0.6) is 0 Å². The number of nitriles is 1. The van der Waals surface area contributed by atoms with Crippen LogP contribution in [0, 0.1) is 11.3 Å². The van der Waals surface area contributed by atoms with E-state index >= 15 is 0 Å². The summed E-state index contributed by atoms with van der Waals surface area (Å²) in [5.74, 6) is -0.133. The minimum atomic E-state index is -0.326. The van der Waals surface area contributed by atoms with E-state index in [1.165, 1.54) is 0 Å². The van der Waals surface area contributed by atoms with Crippen LogP contribution in [0.15, 0.2) is 60.7 Å². The van der Waals surface area contributed by atoms with Crippen molar-refractivity contribution in [3.63, 3.8) is 0 Å². The molecule has 31 heavy (non-hydrogen) atoms. The molecule has 0 atom stereocenters. The number of aromatic nitrogens is 2. The molecule has 1 aliphatic heterocycles. The SMILES string of the molecule is C=C(C#N)C(=O)N1CCC(n2c(NC(=O)c3ccc(Cl)cc3)nc3ccccc32)CC1. The highest BCUT2D eigenvalue weighted by Gasteiger charge is 2.28. The van der Waals surface area contributed by atoms with Gasteiger partial charge in [0.15, 0.2) is 0 Å². The first kappa shape index (κ1) is 20.6. The summed E-state index contributed by atoms with van der Waals surface area (Å²) < 4.78 is 2.03. The fourth-order valence-electron chi connectivity index (χ4n) is 3.84. The number of fused-ring (bicyclic) bond motifs is 1. The van der Waals surface area contributed by atoms with Crippen LogP contribution in [0.25, 0.3) is 11.0 Å². The first-order valence-corrected chi connectivity index (χ1v) is 10.3. The number of anilines is 1. The van der Waals surface area contributed by atoms with Gasteiger partial charge in [-0.25, -0.2) is 4.98 Å². The monoisotopic (exact) mass is 433 g/mol. The highest BCUT2D eigenvalue weighted by atomic mass is 35.5. The molecule has 0 bridgehead atoms. The van der Waals surface area contributed by atoms with Crippen molar-refractivity contribution in [1.29, 1.82) is 5.26 Å². The maximum atomic E-state index is 12.8. The molecule has 156 valence electrons. The Bertz CT molecular complexity index is 1200. The molecule has 0 saturated carbocycles. The standard InChI is InChI=1S/C23H20ClN5O2/c1-15(14-25)22(31)28-12-10-18(11-13-28)29-20-5-3-2-4-19(20)26-23(29)27-21(30)16-6-8-17(24)9-7-16/h2-9,18H,1,10-13H2,(H,26,27,30). The van der Waals surface area contributed by atoms with Gasteiger partial charge in [-0.15, -0.1) is 0 Å². The number of rotatable bonds is 4. The molecule has 1 N–H and O–H groups in total. The Labute approximate surface area is 184 Å². The van der Waals surface area contributed by atoms with Crippen LogP contribution in [0.4, 0.5) is 5.95 Å². The van der Waals surface area contributed by atoms with Crippen LogP contribution in [0.2, 0.25) is 5.02 Å². The number of piperidine rings is 1. The smallest absolute Gasteiger partial charge is 0.263 e. The van der Waals surface area contributed by atoms with Crippen molar-refractivity contribution in [2.45, 2.75) is 18.9 Å². The molecular formula is C23H20ClN5O2. The van der Waals surface area contributed by atoms with Crippen molar-refractivity contribution in [3.8, 4) is 6.07 Å². The number of para-hydroxylation sites is 2. The van der Waals surface area contributed by atoms with Crippen molar-refractivity contribution in [2.24, 2.45) is 0 Å². The van der Waals surface area contributed by atoms with Crippen molar-refractivity contribution in [2.75, 3.05) is 18.4 Å². The second-order valence-electron chi connectivity index (χ2n) is 7.37. The lowest BCUT2D eigenvalue weighted by Crippen LogP contribution is -2.39. The van der Waals surface area contributed by atoms with Crippen LogP contribution < -0.4 is 5.32 Å². The van der Waals surface area contributed by atoms with Gasteiger partial charge in [-0.1, -0.05) is 30.3 Å². The molecule has 0 unspecified atom stereocenters. The van der Waals surface area contributed by atoms with Gasteiger partial charge < -0.3 is 9.47 Å². The van der Waals surface area contributed by atoms with Crippen LogP contribution in [-0.4, -0.2) is 39.4 Å². The second-order valence-corrected chi connectivity index (χ2v) is 7.81. The topological polar surface area (TPSA) is 91.0 Å². The number of hydrogen-bond acceptors (Lipinski definition) is 4. The van der Waals surface area contributed by atoms with Gasteiger partial charge in [-0.05, 0) is 49.2 Å². The molecule has 4 rings (SSSR count). The third kappa shape index (κ3) is 4.16. The molecule has 2 aromatic carbocycles. The molecule has 7 nitrogen and oxygen atoms in total. The fourth-order valence-corrected chi connectivity index (χ4v) is 3.97. The Morgan fingerprint density at radius 2 is 1.81 bits per heavy atom. The number of amides is 2. The second kappa shape index (κ2) is 8.62. The number of hydrogen-bond donors (Lipinski definition) is 1. The molecule has 3 aromatic rings. The molecule has 1 saturated heterocycles. The lowest BCUT2D eigenvalue weighted by Gasteiger charge is -2.33. The number of likely N-dealkylation sites (tertiary alicyclic amines) is 1. The largest absolute Gasteiger partial charge is 0.338 e. The highest BCUT2D eigenvalue weighted by Crippen LogP contribution is 2.31.